The first-order chi connectivity index (χ1) is 10.1. The molecule has 0 aromatic carbocycles. The number of ether oxygens (including phenoxy) is 1. The lowest BCUT2D eigenvalue weighted by Gasteiger charge is -2.19. The van der Waals surface area contributed by atoms with E-state index < -0.39 is 10.0 Å². The fourth-order valence-electron chi connectivity index (χ4n) is 2.72. The summed E-state index contributed by atoms with van der Waals surface area (Å²) in [5.41, 5.74) is 0. The van der Waals surface area contributed by atoms with Crippen LogP contribution in [-0.4, -0.2) is 38.7 Å². The fraction of sp³-hybridized carbons (Fsp3) is 0.643. The minimum atomic E-state index is -3.53. The molecule has 1 saturated heterocycles. The monoisotopic (exact) mass is 311 g/mol. The molecule has 3 rings (SSSR count). The fourth-order valence-corrected chi connectivity index (χ4v) is 3.94. The molecule has 2 atom stereocenters. The predicted octanol–water partition coefficient (Wildman–Crippen LogP) is 1.36. The van der Waals surface area contributed by atoms with Gasteiger partial charge in [0.1, 0.15) is 10.7 Å². The summed E-state index contributed by atoms with van der Waals surface area (Å²) < 4.78 is 33.3. The van der Waals surface area contributed by atoms with Crippen molar-refractivity contribution in [3.63, 3.8) is 0 Å². The largest absolute Gasteiger partial charge is 0.376 e. The van der Waals surface area contributed by atoms with Crippen molar-refractivity contribution < 1.29 is 13.2 Å². The average molecular weight is 311 g/mol. The van der Waals surface area contributed by atoms with E-state index in [1.54, 1.807) is 12.1 Å². The van der Waals surface area contributed by atoms with Crippen molar-refractivity contribution in [3.05, 3.63) is 18.3 Å². The van der Waals surface area contributed by atoms with Gasteiger partial charge in [-0.3, -0.25) is 0 Å². The van der Waals surface area contributed by atoms with Gasteiger partial charge in [0.15, 0.2) is 0 Å². The van der Waals surface area contributed by atoms with Crippen LogP contribution in [-0.2, 0) is 14.8 Å². The maximum Gasteiger partial charge on any atom is 0.242 e. The highest BCUT2D eigenvalue weighted by Gasteiger charge is 2.42. The highest BCUT2D eigenvalue weighted by Crippen LogP contribution is 2.39. The van der Waals surface area contributed by atoms with Crippen LogP contribution in [0.2, 0.25) is 0 Å². The number of sulfonamides is 1. The number of nitrogens with one attached hydrogen (secondary N) is 2. The van der Waals surface area contributed by atoms with E-state index >= 15 is 0 Å². The summed E-state index contributed by atoms with van der Waals surface area (Å²) in [6.07, 6.45) is 4.45. The normalized spacial score (nSPS) is 26.0. The molecule has 0 bridgehead atoms. The van der Waals surface area contributed by atoms with Crippen molar-refractivity contribution in [3.8, 4) is 0 Å². The second-order valence-corrected chi connectivity index (χ2v) is 7.31. The van der Waals surface area contributed by atoms with Crippen LogP contribution in [0.25, 0.3) is 0 Å². The maximum atomic E-state index is 12.4. The third kappa shape index (κ3) is 3.36. The summed E-state index contributed by atoms with van der Waals surface area (Å²) in [4.78, 5) is 4.31. The van der Waals surface area contributed by atoms with Crippen LogP contribution in [0.15, 0.2) is 23.2 Å². The van der Waals surface area contributed by atoms with Crippen LogP contribution in [0.1, 0.15) is 26.2 Å². The zero-order valence-electron chi connectivity index (χ0n) is 12.1. The second-order valence-electron chi connectivity index (χ2n) is 5.60. The van der Waals surface area contributed by atoms with Crippen LogP contribution in [0.4, 0.5) is 5.82 Å². The van der Waals surface area contributed by atoms with E-state index in [1.807, 2.05) is 6.92 Å². The Morgan fingerprint density at radius 2 is 2.14 bits per heavy atom. The Kier molecular flexibility index (Phi) is 4.14. The van der Waals surface area contributed by atoms with Crippen molar-refractivity contribution in [1.82, 2.24) is 9.71 Å². The molecule has 1 aromatic rings. The van der Waals surface area contributed by atoms with E-state index in [-0.39, 0.29) is 17.0 Å². The van der Waals surface area contributed by atoms with Crippen LogP contribution in [0, 0.1) is 5.92 Å². The number of nitrogens with zero attached hydrogens (tertiary/aromatic N) is 1. The van der Waals surface area contributed by atoms with E-state index in [0.717, 1.165) is 25.8 Å². The molecule has 2 unspecified atom stereocenters. The van der Waals surface area contributed by atoms with E-state index in [4.69, 9.17) is 4.74 Å². The molecule has 2 fully saturated rings. The Balaban J connectivity index is 1.70. The summed E-state index contributed by atoms with van der Waals surface area (Å²) >= 11 is 0. The van der Waals surface area contributed by atoms with E-state index in [2.05, 4.69) is 15.0 Å². The summed E-state index contributed by atoms with van der Waals surface area (Å²) in [7, 11) is -3.53. The molecule has 0 radical (unpaired) electrons. The second kappa shape index (κ2) is 5.90. The molecule has 7 heteroatoms. The number of rotatable bonds is 6. The van der Waals surface area contributed by atoms with Gasteiger partial charge in [-0.25, -0.2) is 18.1 Å². The van der Waals surface area contributed by atoms with Crippen molar-refractivity contribution in [1.29, 1.82) is 0 Å². The van der Waals surface area contributed by atoms with Crippen LogP contribution in [0.3, 0.4) is 0 Å². The molecule has 2 aliphatic rings. The van der Waals surface area contributed by atoms with Gasteiger partial charge in [0, 0.05) is 19.3 Å². The van der Waals surface area contributed by atoms with Gasteiger partial charge in [-0.05, 0) is 44.2 Å². The Bertz CT molecular complexity index is 584. The number of hydrogen-bond donors (Lipinski definition) is 2. The summed E-state index contributed by atoms with van der Waals surface area (Å²) in [6.45, 7) is 3.35. The van der Waals surface area contributed by atoms with Crippen molar-refractivity contribution in [2.45, 2.75) is 43.2 Å². The third-order valence-electron chi connectivity index (χ3n) is 3.93. The molecule has 1 aromatic heterocycles. The lowest BCUT2D eigenvalue weighted by molar-refractivity contribution is 0.0848. The predicted molar refractivity (Wildman–Crippen MR) is 79.6 cm³/mol. The molecule has 2 N–H and O–H groups in total. The Hall–Kier alpha value is -1.18. The van der Waals surface area contributed by atoms with E-state index in [1.165, 1.54) is 6.20 Å². The summed E-state index contributed by atoms with van der Waals surface area (Å²) in [6, 6.07) is 3.15. The SMILES string of the molecule is CCNc1ccc(S(=O)(=O)NC2CCOC2C2CC2)cn1. The first-order valence-electron chi connectivity index (χ1n) is 7.44. The zero-order chi connectivity index (χ0) is 14.9. The Morgan fingerprint density at radius 1 is 1.33 bits per heavy atom. The zero-order valence-corrected chi connectivity index (χ0v) is 12.9. The molecule has 0 spiro atoms. The Morgan fingerprint density at radius 3 is 2.76 bits per heavy atom. The van der Waals surface area contributed by atoms with Gasteiger partial charge in [-0.2, -0.15) is 0 Å². The van der Waals surface area contributed by atoms with Gasteiger partial charge in [-0.15, -0.1) is 0 Å². The molecule has 1 aliphatic carbocycles. The first kappa shape index (κ1) is 14.7. The lowest BCUT2D eigenvalue weighted by Crippen LogP contribution is -2.41. The highest BCUT2D eigenvalue weighted by atomic mass is 32.2. The van der Waals surface area contributed by atoms with Gasteiger partial charge in [-0.1, -0.05) is 0 Å². The molecular weight excluding hydrogens is 290 g/mol. The average Bonchev–Trinajstić information content (AvgIpc) is 3.20. The van der Waals surface area contributed by atoms with Crippen molar-refractivity contribution in [2.24, 2.45) is 5.92 Å². The standard InChI is InChI=1S/C14H21N3O3S/c1-2-15-13-6-5-11(9-16-13)21(18,19)17-12-7-8-20-14(12)10-3-4-10/h5-6,9-10,12,14,17H,2-4,7-8H2,1H3,(H,15,16). The smallest absolute Gasteiger partial charge is 0.242 e. The van der Waals surface area contributed by atoms with Gasteiger partial charge in [0.25, 0.3) is 0 Å². The molecule has 6 nitrogen and oxygen atoms in total. The van der Waals surface area contributed by atoms with Gasteiger partial charge < -0.3 is 10.1 Å². The number of aromatic nitrogens is 1. The van der Waals surface area contributed by atoms with Crippen LogP contribution >= 0.6 is 0 Å². The number of hydrogen-bond acceptors (Lipinski definition) is 5. The van der Waals surface area contributed by atoms with Gasteiger partial charge in [0.2, 0.25) is 10.0 Å². The van der Waals surface area contributed by atoms with Crippen LogP contribution < -0.4 is 10.0 Å². The summed E-state index contributed by atoms with van der Waals surface area (Å²) in [5.74, 6) is 1.20. The molecule has 0 amide bonds. The summed E-state index contributed by atoms with van der Waals surface area (Å²) in [5, 5.41) is 3.04. The molecule has 1 saturated carbocycles. The minimum absolute atomic E-state index is 0.0359. The van der Waals surface area contributed by atoms with E-state index in [0.29, 0.717) is 18.3 Å². The topological polar surface area (TPSA) is 80.3 Å². The number of pyridine rings is 1. The number of anilines is 1. The van der Waals surface area contributed by atoms with Gasteiger partial charge >= 0.3 is 0 Å². The molecule has 2 heterocycles. The first-order valence-corrected chi connectivity index (χ1v) is 8.92. The maximum absolute atomic E-state index is 12.4. The molecule has 21 heavy (non-hydrogen) atoms. The Labute approximate surface area is 125 Å². The van der Waals surface area contributed by atoms with Crippen molar-refractivity contribution in [2.75, 3.05) is 18.5 Å². The van der Waals surface area contributed by atoms with E-state index in [9.17, 15) is 8.42 Å². The molecular formula is C14H21N3O3S. The quantitative estimate of drug-likeness (QED) is 0.829. The lowest BCUT2D eigenvalue weighted by atomic mass is 10.1. The van der Waals surface area contributed by atoms with Gasteiger partial charge in [0.05, 0.1) is 12.1 Å². The molecule has 116 valence electrons. The molecule has 1 aliphatic heterocycles. The van der Waals surface area contributed by atoms with Crippen molar-refractivity contribution >= 4 is 15.8 Å². The van der Waals surface area contributed by atoms with Crippen LogP contribution in [0.5, 0.6) is 0 Å². The highest BCUT2D eigenvalue weighted by molar-refractivity contribution is 7.89. The third-order valence-corrected chi connectivity index (χ3v) is 5.41. The minimum Gasteiger partial charge on any atom is -0.376 e.